The first-order valence-corrected chi connectivity index (χ1v) is 8.86. The number of fused-ring (bicyclic) bond motifs is 1. The zero-order valence-electron chi connectivity index (χ0n) is 14.3. The third kappa shape index (κ3) is 4.04. The smallest absolute Gasteiger partial charge is 0.333 e. The average molecular weight is 402 g/mol. The van der Waals surface area contributed by atoms with Crippen LogP contribution in [0.25, 0.3) is 6.08 Å². The lowest BCUT2D eigenvalue weighted by Crippen LogP contribution is -2.24. The second-order valence-corrected chi connectivity index (χ2v) is 6.80. The number of nitrogens with zero attached hydrogens (tertiary/aromatic N) is 1. The van der Waals surface area contributed by atoms with Crippen LogP contribution < -0.4 is 9.64 Å². The van der Waals surface area contributed by atoms with Crippen LogP contribution in [-0.2, 0) is 16.1 Å². The first-order valence-electron chi connectivity index (χ1n) is 8.07. The van der Waals surface area contributed by atoms with Crippen LogP contribution in [0.4, 0.5) is 5.69 Å². The molecule has 0 N–H and O–H groups in total. The molecule has 4 nitrogen and oxygen atoms in total. The Morgan fingerprint density at radius 2 is 1.92 bits per heavy atom. The van der Waals surface area contributed by atoms with Crippen LogP contribution in [0.1, 0.15) is 17.5 Å². The Morgan fingerprint density at radius 3 is 2.60 bits per heavy atom. The van der Waals surface area contributed by atoms with E-state index in [2.05, 4.69) is 39.0 Å². The monoisotopic (exact) mass is 401 g/mol. The van der Waals surface area contributed by atoms with Gasteiger partial charge in [0, 0.05) is 28.8 Å². The van der Waals surface area contributed by atoms with E-state index in [-0.39, 0.29) is 5.97 Å². The lowest BCUT2D eigenvalue weighted by atomic mass is 10.1. The minimum atomic E-state index is -0.266. The Balaban J connectivity index is 1.91. The predicted octanol–water partition coefficient (Wildman–Crippen LogP) is 4.42. The number of methoxy groups -OCH3 is 2. The number of carbonyl (C=O) groups is 1. The van der Waals surface area contributed by atoms with Gasteiger partial charge in [0.05, 0.1) is 14.2 Å². The summed E-state index contributed by atoms with van der Waals surface area (Å²) in [5.74, 6) is 0.579. The molecule has 2 aromatic carbocycles. The topological polar surface area (TPSA) is 38.8 Å². The summed E-state index contributed by atoms with van der Waals surface area (Å²) in [7, 11) is 3.09. The molecular weight excluding hydrogens is 382 g/mol. The van der Waals surface area contributed by atoms with Crippen molar-refractivity contribution in [1.29, 1.82) is 0 Å². The highest BCUT2D eigenvalue weighted by molar-refractivity contribution is 9.10. The summed E-state index contributed by atoms with van der Waals surface area (Å²) in [4.78, 5) is 14.3. The van der Waals surface area contributed by atoms with Crippen molar-refractivity contribution in [3.8, 4) is 5.75 Å². The van der Waals surface area contributed by atoms with E-state index < -0.39 is 0 Å². The average Bonchev–Trinajstić information content (AvgIpc) is 2.81. The number of esters is 1. The van der Waals surface area contributed by atoms with Crippen molar-refractivity contribution < 1.29 is 14.3 Å². The SMILES string of the molecule is COC(=O)C1=Cc2cc(Br)ccc2N(Cc2ccc(OC)cc2)CC1. The Morgan fingerprint density at radius 1 is 1.16 bits per heavy atom. The van der Waals surface area contributed by atoms with Crippen LogP contribution in [0.5, 0.6) is 5.75 Å². The predicted molar refractivity (Wildman–Crippen MR) is 103 cm³/mol. The Bertz CT molecular complexity index is 799. The van der Waals surface area contributed by atoms with Crippen molar-refractivity contribution in [1.82, 2.24) is 0 Å². The fourth-order valence-electron chi connectivity index (χ4n) is 2.97. The number of halogens is 1. The summed E-state index contributed by atoms with van der Waals surface area (Å²) in [6, 6.07) is 14.2. The van der Waals surface area contributed by atoms with E-state index in [4.69, 9.17) is 9.47 Å². The summed E-state index contributed by atoms with van der Waals surface area (Å²) in [6.07, 6.45) is 2.58. The van der Waals surface area contributed by atoms with Gasteiger partial charge in [0.2, 0.25) is 0 Å². The molecular formula is C20H20BrNO3. The molecule has 3 rings (SSSR count). The summed E-state index contributed by atoms with van der Waals surface area (Å²) in [5.41, 5.74) is 4.01. The molecule has 0 atom stereocenters. The first kappa shape index (κ1) is 17.5. The van der Waals surface area contributed by atoms with Gasteiger partial charge in [-0.1, -0.05) is 28.1 Å². The highest BCUT2D eigenvalue weighted by Gasteiger charge is 2.20. The van der Waals surface area contributed by atoms with E-state index in [9.17, 15) is 4.79 Å². The van der Waals surface area contributed by atoms with Gasteiger partial charge in [-0.25, -0.2) is 4.79 Å². The Labute approximate surface area is 156 Å². The molecule has 1 aliphatic rings. The maximum absolute atomic E-state index is 12.0. The summed E-state index contributed by atoms with van der Waals surface area (Å²) < 4.78 is 11.1. The van der Waals surface area contributed by atoms with Crippen LogP contribution in [0.2, 0.25) is 0 Å². The minimum absolute atomic E-state index is 0.266. The van der Waals surface area contributed by atoms with Crippen molar-refractivity contribution >= 4 is 33.7 Å². The zero-order valence-corrected chi connectivity index (χ0v) is 15.9. The Hall–Kier alpha value is -2.27. The maximum Gasteiger partial charge on any atom is 0.333 e. The molecule has 0 saturated carbocycles. The van der Waals surface area contributed by atoms with E-state index in [1.54, 1.807) is 7.11 Å². The quantitative estimate of drug-likeness (QED) is 0.710. The van der Waals surface area contributed by atoms with E-state index >= 15 is 0 Å². The largest absolute Gasteiger partial charge is 0.497 e. The van der Waals surface area contributed by atoms with Crippen molar-refractivity contribution in [3.63, 3.8) is 0 Å². The minimum Gasteiger partial charge on any atom is -0.497 e. The molecule has 0 aliphatic carbocycles. The molecule has 25 heavy (non-hydrogen) atoms. The number of anilines is 1. The number of hydrogen-bond donors (Lipinski definition) is 0. The van der Waals surface area contributed by atoms with Crippen LogP contribution in [0.15, 0.2) is 52.5 Å². The highest BCUT2D eigenvalue weighted by Crippen LogP contribution is 2.32. The van der Waals surface area contributed by atoms with E-state index in [0.717, 1.165) is 34.6 Å². The standard InChI is InChI=1S/C20H20BrNO3/c1-24-18-6-3-14(4-7-18)13-22-10-9-15(20(23)25-2)11-16-12-17(21)5-8-19(16)22/h3-8,11-12H,9-10,13H2,1-2H3. The van der Waals surface area contributed by atoms with E-state index in [0.29, 0.717) is 12.0 Å². The van der Waals surface area contributed by atoms with Crippen LogP contribution in [0.3, 0.4) is 0 Å². The molecule has 0 bridgehead atoms. The van der Waals surface area contributed by atoms with Crippen molar-refractivity contribution in [2.24, 2.45) is 0 Å². The van der Waals surface area contributed by atoms with Crippen LogP contribution in [-0.4, -0.2) is 26.7 Å². The van der Waals surface area contributed by atoms with Crippen molar-refractivity contribution in [3.05, 3.63) is 63.6 Å². The normalized spacial score (nSPS) is 13.6. The van der Waals surface area contributed by atoms with Crippen molar-refractivity contribution in [2.45, 2.75) is 13.0 Å². The Kier molecular flexibility index (Phi) is 5.43. The fraction of sp³-hybridized carbons (Fsp3) is 0.250. The molecule has 2 aromatic rings. The van der Waals surface area contributed by atoms with Crippen LogP contribution in [0, 0.1) is 0 Å². The number of rotatable bonds is 4. The van der Waals surface area contributed by atoms with Gasteiger partial charge in [0.25, 0.3) is 0 Å². The molecule has 0 saturated heterocycles. The third-order valence-electron chi connectivity index (χ3n) is 4.29. The lowest BCUT2D eigenvalue weighted by Gasteiger charge is -2.25. The fourth-order valence-corrected chi connectivity index (χ4v) is 3.35. The molecule has 0 unspecified atom stereocenters. The second kappa shape index (κ2) is 7.74. The molecule has 0 aromatic heterocycles. The van der Waals surface area contributed by atoms with Gasteiger partial charge in [-0.3, -0.25) is 0 Å². The third-order valence-corrected chi connectivity index (χ3v) is 4.78. The van der Waals surface area contributed by atoms with Crippen LogP contribution >= 0.6 is 15.9 Å². The van der Waals surface area contributed by atoms with Gasteiger partial charge in [-0.05, 0) is 54.0 Å². The maximum atomic E-state index is 12.0. The second-order valence-electron chi connectivity index (χ2n) is 5.88. The molecule has 0 amide bonds. The zero-order chi connectivity index (χ0) is 17.8. The van der Waals surface area contributed by atoms with Gasteiger partial charge < -0.3 is 14.4 Å². The van der Waals surface area contributed by atoms with Crippen molar-refractivity contribution in [2.75, 3.05) is 25.7 Å². The molecule has 0 spiro atoms. The molecule has 130 valence electrons. The van der Waals surface area contributed by atoms with Gasteiger partial charge in [-0.15, -0.1) is 0 Å². The van der Waals surface area contributed by atoms with E-state index in [1.807, 2.05) is 30.3 Å². The number of carbonyl (C=O) groups excluding carboxylic acids is 1. The summed E-state index contributed by atoms with van der Waals surface area (Å²) >= 11 is 3.51. The summed E-state index contributed by atoms with van der Waals surface area (Å²) in [5, 5.41) is 0. The molecule has 1 aliphatic heterocycles. The molecule has 0 radical (unpaired) electrons. The molecule has 5 heteroatoms. The van der Waals surface area contributed by atoms with E-state index in [1.165, 1.54) is 12.7 Å². The number of benzene rings is 2. The first-order chi connectivity index (χ1) is 12.1. The lowest BCUT2D eigenvalue weighted by molar-refractivity contribution is -0.136. The van der Waals surface area contributed by atoms with Gasteiger partial charge in [0.15, 0.2) is 0 Å². The molecule has 0 fully saturated rings. The number of hydrogen-bond acceptors (Lipinski definition) is 4. The van der Waals surface area contributed by atoms with Gasteiger partial charge in [-0.2, -0.15) is 0 Å². The molecule has 1 heterocycles. The number of ether oxygens (including phenoxy) is 2. The highest BCUT2D eigenvalue weighted by atomic mass is 79.9. The van der Waals surface area contributed by atoms with Gasteiger partial charge >= 0.3 is 5.97 Å². The van der Waals surface area contributed by atoms with Gasteiger partial charge in [0.1, 0.15) is 5.75 Å². The summed E-state index contributed by atoms with van der Waals surface area (Å²) in [6.45, 7) is 1.52.